The maximum atomic E-state index is 8.65. The minimum atomic E-state index is 0.420. The molecule has 0 saturated heterocycles. The van der Waals surface area contributed by atoms with Crippen LogP contribution in [-0.2, 0) is 0 Å². The number of allylic oxidation sites excluding steroid dienone is 8. The fourth-order valence-electron chi connectivity index (χ4n) is 1.26. The van der Waals surface area contributed by atoms with Crippen molar-refractivity contribution in [2.24, 2.45) is 0 Å². The summed E-state index contributed by atoms with van der Waals surface area (Å²) in [7, 11) is 0. The highest BCUT2D eigenvalue weighted by Gasteiger charge is 2.04. The quantitative estimate of drug-likeness (QED) is 0.553. The van der Waals surface area contributed by atoms with Crippen molar-refractivity contribution in [2.45, 2.75) is 12.8 Å². The number of hydrogen-bond acceptors (Lipinski definition) is 1. The van der Waals surface area contributed by atoms with E-state index < -0.39 is 0 Å². The molecule has 0 saturated carbocycles. The van der Waals surface area contributed by atoms with Gasteiger partial charge in [-0.15, -0.1) is 0 Å². The second-order valence-corrected chi connectivity index (χ2v) is 4.12. The molecule has 1 aliphatic carbocycles. The highest BCUT2D eigenvalue weighted by molar-refractivity contribution is 9.12. The van der Waals surface area contributed by atoms with Crippen molar-refractivity contribution in [1.82, 2.24) is 0 Å². The van der Waals surface area contributed by atoms with Crippen molar-refractivity contribution >= 4 is 15.9 Å². The van der Waals surface area contributed by atoms with Crippen LogP contribution >= 0.6 is 15.9 Å². The average molecular weight is 262 g/mol. The lowest BCUT2D eigenvalue weighted by Crippen LogP contribution is -1.90. The van der Waals surface area contributed by atoms with Crippen LogP contribution in [0, 0.1) is 11.3 Å². The number of rotatable bonds is 3. The third-order valence-electron chi connectivity index (χ3n) is 2.15. The van der Waals surface area contributed by atoms with Crippen LogP contribution in [-0.4, -0.2) is 0 Å². The molecule has 0 bridgehead atoms. The summed E-state index contributed by atoms with van der Waals surface area (Å²) in [6, 6.07) is 1.99. The smallest absolute Gasteiger partial charge is 0.0997 e. The standard InChI is InChI=1S/C13H12BrN/c1-10(8-13(14)11(2)9-15)12-6-4-3-5-7-12/h3-4,6,8H,1-2,5,7H2/b13-8+. The maximum Gasteiger partial charge on any atom is 0.0997 e. The topological polar surface area (TPSA) is 23.8 Å². The Morgan fingerprint density at radius 1 is 1.53 bits per heavy atom. The first kappa shape index (κ1) is 11.7. The van der Waals surface area contributed by atoms with Gasteiger partial charge in [0.2, 0.25) is 0 Å². The molecule has 1 rings (SSSR count). The summed E-state index contributed by atoms with van der Waals surface area (Å²) < 4.78 is 0.699. The number of nitriles is 1. The van der Waals surface area contributed by atoms with E-state index in [9.17, 15) is 0 Å². The van der Waals surface area contributed by atoms with Gasteiger partial charge in [-0.2, -0.15) is 5.26 Å². The van der Waals surface area contributed by atoms with Gasteiger partial charge in [-0.25, -0.2) is 0 Å². The predicted molar refractivity (Wildman–Crippen MR) is 67.4 cm³/mol. The molecule has 1 aliphatic rings. The third kappa shape index (κ3) is 3.38. The first-order chi connectivity index (χ1) is 7.15. The zero-order valence-electron chi connectivity index (χ0n) is 8.46. The van der Waals surface area contributed by atoms with Crippen LogP contribution in [0.25, 0.3) is 0 Å². The Bertz CT molecular complexity index is 416. The van der Waals surface area contributed by atoms with Crippen molar-refractivity contribution < 1.29 is 0 Å². The molecule has 0 fully saturated rings. The third-order valence-corrected chi connectivity index (χ3v) is 2.86. The van der Waals surface area contributed by atoms with E-state index in [0.29, 0.717) is 10.1 Å². The molecule has 0 aromatic heterocycles. The Morgan fingerprint density at radius 2 is 2.27 bits per heavy atom. The Kier molecular flexibility index (Phi) is 4.33. The molecule has 0 aromatic rings. The highest BCUT2D eigenvalue weighted by atomic mass is 79.9. The van der Waals surface area contributed by atoms with Crippen LogP contribution in [0.3, 0.4) is 0 Å². The van der Waals surface area contributed by atoms with Gasteiger partial charge < -0.3 is 0 Å². The van der Waals surface area contributed by atoms with Crippen LogP contribution in [0.1, 0.15) is 12.8 Å². The summed E-state index contributed by atoms with van der Waals surface area (Å²) >= 11 is 3.30. The first-order valence-electron chi connectivity index (χ1n) is 4.66. The maximum absolute atomic E-state index is 8.65. The lowest BCUT2D eigenvalue weighted by Gasteiger charge is -2.09. The number of halogens is 1. The van der Waals surface area contributed by atoms with Crippen LogP contribution < -0.4 is 0 Å². The number of hydrogen-bond donors (Lipinski definition) is 0. The minimum absolute atomic E-state index is 0.420. The second kappa shape index (κ2) is 5.53. The lowest BCUT2D eigenvalue weighted by molar-refractivity contribution is 0.979. The van der Waals surface area contributed by atoms with Crippen molar-refractivity contribution in [3.63, 3.8) is 0 Å². The van der Waals surface area contributed by atoms with Gasteiger partial charge in [-0.1, -0.05) is 31.4 Å². The molecule has 1 nitrogen and oxygen atoms in total. The van der Waals surface area contributed by atoms with Gasteiger partial charge in [0.05, 0.1) is 11.6 Å². The highest BCUT2D eigenvalue weighted by Crippen LogP contribution is 2.24. The molecule has 0 aliphatic heterocycles. The van der Waals surface area contributed by atoms with Crippen molar-refractivity contribution in [1.29, 1.82) is 5.26 Å². The van der Waals surface area contributed by atoms with E-state index in [0.717, 1.165) is 18.4 Å². The Balaban J connectivity index is 2.79. The zero-order chi connectivity index (χ0) is 11.3. The molecular weight excluding hydrogens is 250 g/mol. The SMILES string of the molecule is C=C(/C=C(/Br)C(=C)C#N)C1=CC=CCC1. The minimum Gasteiger partial charge on any atom is -0.192 e. The Morgan fingerprint density at radius 3 is 2.80 bits per heavy atom. The summed E-state index contributed by atoms with van der Waals surface area (Å²) in [5.41, 5.74) is 2.56. The summed E-state index contributed by atoms with van der Waals surface area (Å²) in [4.78, 5) is 0. The summed E-state index contributed by atoms with van der Waals surface area (Å²) in [5.74, 6) is 0. The van der Waals surface area contributed by atoms with Crippen LogP contribution in [0.5, 0.6) is 0 Å². The summed E-state index contributed by atoms with van der Waals surface area (Å²) in [6.07, 6.45) is 10.1. The molecule has 0 atom stereocenters. The van der Waals surface area contributed by atoms with E-state index in [1.54, 1.807) is 0 Å². The van der Waals surface area contributed by atoms with Crippen LogP contribution in [0.15, 0.2) is 58.7 Å². The van der Waals surface area contributed by atoms with Crippen LogP contribution in [0.2, 0.25) is 0 Å². The van der Waals surface area contributed by atoms with Gasteiger partial charge in [0, 0.05) is 4.48 Å². The largest absolute Gasteiger partial charge is 0.192 e. The van der Waals surface area contributed by atoms with Gasteiger partial charge >= 0.3 is 0 Å². The normalized spacial score (nSPS) is 15.5. The Hall–Kier alpha value is -1.33. The summed E-state index contributed by atoms with van der Waals surface area (Å²) in [6.45, 7) is 7.60. The van der Waals surface area contributed by atoms with Gasteiger partial charge in [0.1, 0.15) is 0 Å². The van der Waals surface area contributed by atoms with Crippen LogP contribution in [0.4, 0.5) is 0 Å². The van der Waals surface area contributed by atoms with Crippen molar-refractivity contribution in [3.8, 4) is 6.07 Å². The summed E-state index contributed by atoms with van der Waals surface area (Å²) in [5, 5.41) is 8.65. The molecular formula is C13H12BrN. The van der Waals surface area contributed by atoms with E-state index in [1.165, 1.54) is 5.57 Å². The molecule has 0 N–H and O–H groups in total. The molecule has 0 unspecified atom stereocenters. The van der Waals surface area contributed by atoms with E-state index in [-0.39, 0.29) is 0 Å². The molecule has 0 aromatic carbocycles. The molecule has 2 heteroatoms. The first-order valence-corrected chi connectivity index (χ1v) is 5.46. The fourth-order valence-corrected chi connectivity index (χ4v) is 1.62. The van der Waals surface area contributed by atoms with Crippen molar-refractivity contribution in [3.05, 3.63) is 58.7 Å². The molecule has 0 radical (unpaired) electrons. The Labute approximate surface area is 98.9 Å². The van der Waals surface area contributed by atoms with E-state index in [4.69, 9.17) is 5.26 Å². The molecule has 0 spiro atoms. The molecule has 76 valence electrons. The van der Waals surface area contributed by atoms with E-state index in [1.807, 2.05) is 18.2 Å². The average Bonchev–Trinajstić information content (AvgIpc) is 2.29. The molecule has 15 heavy (non-hydrogen) atoms. The fraction of sp³-hybridized carbons (Fsp3) is 0.154. The monoisotopic (exact) mass is 261 g/mol. The van der Waals surface area contributed by atoms with Gasteiger partial charge in [-0.05, 0) is 46.0 Å². The zero-order valence-corrected chi connectivity index (χ0v) is 10.0. The van der Waals surface area contributed by atoms with Gasteiger partial charge in [-0.3, -0.25) is 0 Å². The van der Waals surface area contributed by atoms with E-state index >= 15 is 0 Å². The second-order valence-electron chi connectivity index (χ2n) is 3.27. The van der Waals surface area contributed by atoms with Gasteiger partial charge in [0.15, 0.2) is 0 Å². The number of nitrogens with zero attached hydrogens (tertiary/aromatic N) is 1. The molecule has 0 amide bonds. The lowest BCUT2D eigenvalue weighted by atomic mass is 9.98. The predicted octanol–water partition coefficient (Wildman–Crippen LogP) is 4.18. The van der Waals surface area contributed by atoms with E-state index in [2.05, 4.69) is 41.2 Å². The van der Waals surface area contributed by atoms with Gasteiger partial charge in [0.25, 0.3) is 0 Å². The molecule has 0 heterocycles. The van der Waals surface area contributed by atoms with Crippen molar-refractivity contribution in [2.75, 3.05) is 0 Å².